The maximum atomic E-state index is 11.8. The second-order valence-electron chi connectivity index (χ2n) is 14.6. The molecule has 4 aromatic carbocycles. The maximum absolute atomic E-state index is 11.8. The van der Waals surface area contributed by atoms with E-state index >= 15 is 0 Å². The first-order valence-corrected chi connectivity index (χ1v) is 19.2. The van der Waals surface area contributed by atoms with Crippen LogP contribution in [0.3, 0.4) is 0 Å². The number of fused-ring (bicyclic) bond motifs is 6. The summed E-state index contributed by atoms with van der Waals surface area (Å²) in [6, 6.07) is 21.9. The van der Waals surface area contributed by atoms with Gasteiger partial charge in [0.05, 0.1) is 11.8 Å². The third-order valence-corrected chi connectivity index (χ3v) is 11.9. The van der Waals surface area contributed by atoms with Crippen molar-refractivity contribution in [3.05, 3.63) is 131 Å². The Morgan fingerprint density at radius 3 is 1.85 bits per heavy atom. The fraction of sp³-hybridized carbons (Fsp3) is 0.340. The number of aryl methyl sites for hydroxylation is 2. The molecule has 6 rings (SSSR count). The lowest BCUT2D eigenvalue weighted by Gasteiger charge is -2.32. The minimum atomic E-state index is -0.804. The second kappa shape index (κ2) is 15.4. The first-order valence-electron chi connectivity index (χ1n) is 19.2. The van der Waals surface area contributed by atoms with Crippen LogP contribution in [0.15, 0.2) is 109 Å². The highest BCUT2D eigenvalue weighted by molar-refractivity contribution is 6.08. The third-order valence-electron chi connectivity index (χ3n) is 11.9. The summed E-state index contributed by atoms with van der Waals surface area (Å²) >= 11 is 0. The first-order chi connectivity index (χ1) is 25.5. The lowest BCUT2D eigenvalue weighted by atomic mass is 9.71. The van der Waals surface area contributed by atoms with Gasteiger partial charge in [-0.2, -0.15) is 4.58 Å². The Kier molecular flexibility index (Phi) is 10.9. The van der Waals surface area contributed by atoms with Gasteiger partial charge in [-0.3, -0.25) is 9.59 Å². The van der Waals surface area contributed by atoms with Gasteiger partial charge in [0.2, 0.25) is 5.69 Å². The van der Waals surface area contributed by atoms with Crippen LogP contribution >= 0.6 is 0 Å². The number of benzene rings is 4. The van der Waals surface area contributed by atoms with Gasteiger partial charge in [0.1, 0.15) is 6.42 Å². The Balaban J connectivity index is 1.35. The summed E-state index contributed by atoms with van der Waals surface area (Å²) in [5, 5.41) is 24.2. The number of carboxylic acid groups (broad SMARTS) is 2. The van der Waals surface area contributed by atoms with Crippen molar-refractivity contribution in [1.82, 2.24) is 0 Å². The van der Waals surface area contributed by atoms with Gasteiger partial charge in [-0.15, -0.1) is 0 Å². The van der Waals surface area contributed by atoms with Gasteiger partial charge >= 0.3 is 11.9 Å². The predicted molar refractivity (Wildman–Crippen MR) is 219 cm³/mol. The second-order valence-corrected chi connectivity index (χ2v) is 14.6. The van der Waals surface area contributed by atoms with E-state index in [1.54, 1.807) is 0 Å². The Morgan fingerprint density at radius 1 is 0.679 bits per heavy atom. The highest BCUT2D eigenvalue weighted by Crippen LogP contribution is 2.55. The molecule has 4 aromatic rings. The summed E-state index contributed by atoms with van der Waals surface area (Å²) in [6.45, 7) is 14.0. The summed E-state index contributed by atoms with van der Waals surface area (Å²) in [5.41, 5.74) is 9.03. The van der Waals surface area contributed by atoms with Crippen LogP contribution in [0.5, 0.6) is 0 Å². The Morgan fingerprint density at radius 2 is 1.25 bits per heavy atom. The molecular formula is C47H53N2O4+. The van der Waals surface area contributed by atoms with Crippen LogP contribution in [0.4, 0.5) is 11.4 Å². The topological polar surface area (TPSA) is 80.9 Å². The molecule has 0 radical (unpaired) electrons. The van der Waals surface area contributed by atoms with Gasteiger partial charge in [0.25, 0.3) is 0 Å². The van der Waals surface area contributed by atoms with E-state index in [9.17, 15) is 19.8 Å². The lowest BCUT2D eigenvalue weighted by molar-refractivity contribution is -0.436. The van der Waals surface area contributed by atoms with E-state index in [1.807, 2.05) is 18.2 Å². The summed E-state index contributed by atoms with van der Waals surface area (Å²) in [7, 11) is 0. The highest BCUT2D eigenvalue weighted by atomic mass is 16.4. The summed E-state index contributed by atoms with van der Waals surface area (Å²) in [5.74, 6) is -1.61. The molecule has 2 N–H and O–H groups in total. The lowest BCUT2D eigenvalue weighted by Crippen LogP contribution is -2.33. The van der Waals surface area contributed by atoms with Crippen molar-refractivity contribution in [3.63, 3.8) is 0 Å². The molecule has 0 aliphatic carbocycles. The van der Waals surface area contributed by atoms with Crippen molar-refractivity contribution < 1.29 is 24.4 Å². The number of carboxylic acids is 2. The van der Waals surface area contributed by atoms with E-state index in [0.29, 0.717) is 13.1 Å². The molecular weight excluding hydrogens is 657 g/mol. The molecule has 2 aliphatic rings. The van der Waals surface area contributed by atoms with E-state index < -0.39 is 11.9 Å². The van der Waals surface area contributed by atoms with Crippen LogP contribution in [-0.2, 0) is 20.4 Å². The molecule has 0 spiro atoms. The van der Waals surface area contributed by atoms with E-state index in [-0.39, 0.29) is 23.7 Å². The van der Waals surface area contributed by atoms with Crippen molar-refractivity contribution in [2.45, 2.75) is 90.9 Å². The fourth-order valence-corrected chi connectivity index (χ4v) is 9.18. The van der Waals surface area contributed by atoms with Crippen molar-refractivity contribution in [3.8, 4) is 0 Å². The molecule has 0 aromatic heterocycles. The average molecular weight is 710 g/mol. The summed E-state index contributed by atoms with van der Waals surface area (Å²) < 4.78 is 2.23. The largest absolute Gasteiger partial charge is 0.481 e. The fourth-order valence-electron chi connectivity index (χ4n) is 9.18. The normalized spacial score (nSPS) is 17.0. The van der Waals surface area contributed by atoms with Crippen LogP contribution in [0.1, 0.15) is 88.5 Å². The molecule has 0 saturated heterocycles. The molecule has 0 bridgehead atoms. The van der Waals surface area contributed by atoms with Gasteiger partial charge < -0.3 is 15.1 Å². The van der Waals surface area contributed by atoms with Gasteiger partial charge in [-0.25, -0.2) is 0 Å². The van der Waals surface area contributed by atoms with Gasteiger partial charge in [-0.1, -0.05) is 112 Å². The van der Waals surface area contributed by atoms with Crippen LogP contribution in [-0.4, -0.2) is 45.5 Å². The number of rotatable bonds is 14. The van der Waals surface area contributed by atoms with E-state index in [1.165, 1.54) is 43.8 Å². The van der Waals surface area contributed by atoms with Crippen LogP contribution in [0, 0.1) is 13.8 Å². The zero-order chi connectivity index (χ0) is 37.9. The van der Waals surface area contributed by atoms with E-state index in [2.05, 4.69) is 136 Å². The van der Waals surface area contributed by atoms with E-state index in [0.717, 1.165) is 48.5 Å². The Labute approximate surface area is 314 Å². The van der Waals surface area contributed by atoms with Crippen molar-refractivity contribution in [2.24, 2.45) is 0 Å². The zero-order valence-corrected chi connectivity index (χ0v) is 32.1. The molecule has 0 fully saturated rings. The smallest absolute Gasteiger partial charge is 0.309 e. The molecule has 6 nitrogen and oxygen atoms in total. The average Bonchev–Trinajstić information content (AvgIpc) is 3.58. The van der Waals surface area contributed by atoms with Crippen LogP contribution in [0.2, 0.25) is 0 Å². The number of carbonyl (C=O) groups is 2. The minimum Gasteiger partial charge on any atom is -0.481 e. The Hall–Kier alpha value is -5.23. The van der Waals surface area contributed by atoms with Crippen molar-refractivity contribution >= 4 is 50.6 Å². The first kappa shape index (κ1) is 37.5. The molecule has 0 unspecified atom stereocenters. The highest BCUT2D eigenvalue weighted by Gasteiger charge is 2.50. The van der Waals surface area contributed by atoms with Gasteiger partial charge in [0.15, 0.2) is 12.3 Å². The Bertz CT molecular complexity index is 2230. The molecule has 0 saturated carbocycles. The summed E-state index contributed by atoms with van der Waals surface area (Å²) in [4.78, 5) is 25.8. The number of anilines is 1. The minimum absolute atomic E-state index is 0.0548. The number of hydrogen-bond acceptors (Lipinski definition) is 3. The number of nitrogens with zero attached hydrogens (tertiary/aromatic N) is 2. The molecule has 2 aliphatic heterocycles. The quantitative estimate of drug-likeness (QED) is 0.101. The zero-order valence-electron chi connectivity index (χ0n) is 32.1. The number of aliphatic carboxylic acids is 2. The van der Waals surface area contributed by atoms with E-state index in [4.69, 9.17) is 0 Å². The maximum Gasteiger partial charge on any atom is 0.309 e. The molecule has 2 heterocycles. The predicted octanol–water partition coefficient (Wildman–Crippen LogP) is 10.8. The van der Waals surface area contributed by atoms with Crippen molar-refractivity contribution in [1.29, 1.82) is 0 Å². The van der Waals surface area contributed by atoms with Gasteiger partial charge in [0, 0.05) is 41.1 Å². The number of hydrogen-bond donors (Lipinski definition) is 2. The van der Waals surface area contributed by atoms with Crippen molar-refractivity contribution in [2.75, 3.05) is 18.0 Å². The standard InChI is InChI=1S/C47H52N2O4/c1-7-46(8-2)40(48(28-26-42(50)51)38-24-20-34-30-32(5)18-22-36(34)44(38)46)16-14-12-11-13-15-17-41-47(9-3,10-4)45-37-23-19-33(6)31-35(37)21-25-39(45)49(41)29-27-43(52)53/h11-25,30-31H,7-10,26-29H2,1-6H3,(H-,50,51,52,53)/p+1. The molecule has 0 atom stereocenters. The third kappa shape index (κ3) is 6.65. The number of allylic oxidation sites excluding steroid dienone is 8. The van der Waals surface area contributed by atoms with Crippen LogP contribution < -0.4 is 4.90 Å². The van der Waals surface area contributed by atoms with Gasteiger partial charge in [-0.05, 0) is 84.8 Å². The van der Waals surface area contributed by atoms with Crippen LogP contribution in [0.25, 0.3) is 21.5 Å². The monoisotopic (exact) mass is 709 g/mol. The molecule has 0 amide bonds. The summed E-state index contributed by atoms with van der Waals surface area (Å²) in [6.07, 6.45) is 18.3. The molecule has 6 heteroatoms. The molecule has 53 heavy (non-hydrogen) atoms. The SMILES string of the molecule is CCC1(CC)C(/C=C/C=C/C=C/C=C2/N(CCC(=O)O)c3ccc4cc(C)ccc4c3C2(CC)CC)=[N+](CCC(=O)O)c2ccc3cc(C)ccc3c21. The molecule has 274 valence electrons.